The zero-order valence-electron chi connectivity index (χ0n) is 28.7. The predicted molar refractivity (Wildman–Crippen MR) is 192 cm³/mol. The van der Waals surface area contributed by atoms with Crippen LogP contribution in [-0.4, -0.2) is 13.2 Å². The second-order valence-electron chi connectivity index (χ2n) is 11.0. The average Bonchev–Trinajstić information content (AvgIpc) is 3.05. The maximum Gasteiger partial charge on any atom is 0.132 e. The smallest absolute Gasteiger partial charge is 0.132 e. The van der Waals surface area contributed by atoms with E-state index in [2.05, 4.69) is 77.3 Å². The van der Waals surface area contributed by atoms with Gasteiger partial charge < -0.3 is 23.7 Å². The van der Waals surface area contributed by atoms with E-state index in [1.54, 1.807) is 43.1 Å². The quantitative estimate of drug-likeness (QED) is 0.0474. The first-order valence-electron chi connectivity index (χ1n) is 16.9. The van der Waals surface area contributed by atoms with E-state index >= 15 is 0 Å². The minimum absolute atomic E-state index is 0.378. The zero-order valence-corrected chi connectivity index (χ0v) is 28.7. The van der Waals surface area contributed by atoms with Crippen molar-refractivity contribution >= 4 is 0 Å². The van der Waals surface area contributed by atoms with Crippen molar-refractivity contribution in [2.45, 2.75) is 98.9 Å². The van der Waals surface area contributed by atoms with Crippen molar-refractivity contribution in [1.29, 1.82) is 0 Å². The molecule has 5 heteroatoms. The fraction of sp³-hybridized carbons (Fsp3) is 0.415. The van der Waals surface area contributed by atoms with Crippen LogP contribution in [0.25, 0.3) is 0 Å². The molecule has 0 aliphatic carbocycles. The van der Waals surface area contributed by atoms with Crippen LogP contribution in [0, 0.1) is 0 Å². The molecule has 0 aliphatic rings. The summed E-state index contributed by atoms with van der Waals surface area (Å²) in [6, 6.07) is 8.89. The predicted octanol–water partition coefficient (Wildman–Crippen LogP) is 11.0. The van der Waals surface area contributed by atoms with Crippen LogP contribution in [0.5, 0.6) is 11.5 Å². The summed E-state index contributed by atoms with van der Waals surface area (Å²) < 4.78 is 30.5. The molecule has 0 bridgehead atoms. The van der Waals surface area contributed by atoms with Crippen molar-refractivity contribution in [2.24, 2.45) is 0 Å². The lowest BCUT2D eigenvalue weighted by Gasteiger charge is -2.20. The fourth-order valence-electron chi connectivity index (χ4n) is 4.75. The van der Waals surface area contributed by atoms with Crippen LogP contribution >= 0.6 is 0 Å². The molecular formula is C41H56O5. The lowest BCUT2D eigenvalue weighted by atomic mass is 9.95. The van der Waals surface area contributed by atoms with Crippen LogP contribution in [-0.2, 0) is 46.9 Å². The third-order valence-corrected chi connectivity index (χ3v) is 7.01. The molecule has 5 nitrogen and oxygen atoms in total. The number of hydrogen-bond acceptors (Lipinski definition) is 5. The second kappa shape index (κ2) is 24.2. The Kier molecular flexibility index (Phi) is 20.0. The SMILES string of the molecule is C=CC=COCc1cc(Cc2cc(COC=CC=C)c(OCCCC)c(COC=CCC)c2)cc(CC=CCC)c1OCCCC. The van der Waals surface area contributed by atoms with Gasteiger partial charge in [-0.05, 0) is 85.6 Å². The van der Waals surface area contributed by atoms with Crippen LogP contribution in [0.15, 0.2) is 98.7 Å². The van der Waals surface area contributed by atoms with Crippen molar-refractivity contribution in [3.8, 4) is 11.5 Å². The number of benzene rings is 2. The highest BCUT2D eigenvalue weighted by Gasteiger charge is 2.17. The number of hydrogen-bond donors (Lipinski definition) is 0. The Balaban J connectivity index is 2.62. The molecule has 0 amide bonds. The van der Waals surface area contributed by atoms with Crippen LogP contribution < -0.4 is 9.47 Å². The molecular weight excluding hydrogens is 572 g/mol. The Labute approximate surface area is 279 Å². The third-order valence-electron chi connectivity index (χ3n) is 7.01. The van der Waals surface area contributed by atoms with Gasteiger partial charge in [0.05, 0.1) is 32.0 Å². The number of rotatable bonds is 25. The highest BCUT2D eigenvalue weighted by atomic mass is 16.5. The molecule has 0 fully saturated rings. The molecule has 0 N–H and O–H groups in total. The summed E-state index contributed by atoms with van der Waals surface area (Å²) in [6.07, 6.45) is 26.1. The molecule has 0 spiro atoms. The largest absolute Gasteiger partial charge is 0.497 e. The molecule has 250 valence electrons. The van der Waals surface area contributed by atoms with Gasteiger partial charge in [-0.1, -0.05) is 90.1 Å². The lowest BCUT2D eigenvalue weighted by molar-refractivity contribution is 0.213. The van der Waals surface area contributed by atoms with Crippen LogP contribution in [0.2, 0.25) is 0 Å². The molecule has 0 saturated heterocycles. The Morgan fingerprint density at radius 1 is 0.565 bits per heavy atom. The Morgan fingerprint density at radius 2 is 1.02 bits per heavy atom. The summed E-state index contributed by atoms with van der Waals surface area (Å²) in [5.41, 5.74) is 6.53. The van der Waals surface area contributed by atoms with Crippen molar-refractivity contribution in [1.82, 2.24) is 0 Å². The van der Waals surface area contributed by atoms with E-state index < -0.39 is 0 Å². The van der Waals surface area contributed by atoms with Crippen LogP contribution in [0.4, 0.5) is 0 Å². The maximum atomic E-state index is 6.40. The van der Waals surface area contributed by atoms with Gasteiger partial charge in [-0.15, -0.1) is 0 Å². The highest BCUT2D eigenvalue weighted by Crippen LogP contribution is 2.33. The first kappa shape index (κ1) is 38.1. The van der Waals surface area contributed by atoms with Gasteiger partial charge in [0.2, 0.25) is 0 Å². The van der Waals surface area contributed by atoms with Gasteiger partial charge in [0, 0.05) is 16.7 Å². The Hall–Kier alpha value is -4.12. The van der Waals surface area contributed by atoms with E-state index in [0.29, 0.717) is 33.0 Å². The zero-order chi connectivity index (χ0) is 33.2. The highest BCUT2D eigenvalue weighted by molar-refractivity contribution is 5.49. The molecule has 0 unspecified atom stereocenters. The molecule has 0 aliphatic heterocycles. The molecule has 2 rings (SSSR count). The number of unbranched alkanes of at least 4 members (excludes halogenated alkanes) is 2. The molecule has 0 atom stereocenters. The molecule has 46 heavy (non-hydrogen) atoms. The summed E-state index contributed by atoms with van der Waals surface area (Å²) in [6.45, 7) is 18.6. The topological polar surface area (TPSA) is 46.2 Å². The molecule has 0 aromatic heterocycles. The molecule has 0 saturated carbocycles. The van der Waals surface area contributed by atoms with Gasteiger partial charge in [-0.25, -0.2) is 0 Å². The van der Waals surface area contributed by atoms with E-state index in [9.17, 15) is 0 Å². The van der Waals surface area contributed by atoms with Gasteiger partial charge >= 0.3 is 0 Å². The van der Waals surface area contributed by atoms with E-state index in [1.807, 2.05) is 6.08 Å². The summed E-state index contributed by atoms with van der Waals surface area (Å²) >= 11 is 0. The van der Waals surface area contributed by atoms with Gasteiger partial charge in [-0.2, -0.15) is 0 Å². The summed E-state index contributed by atoms with van der Waals surface area (Å²) in [7, 11) is 0. The van der Waals surface area contributed by atoms with Gasteiger partial charge in [0.15, 0.2) is 0 Å². The van der Waals surface area contributed by atoms with Gasteiger partial charge in [0.25, 0.3) is 0 Å². The Morgan fingerprint density at radius 3 is 1.48 bits per heavy atom. The first-order chi connectivity index (χ1) is 22.6. The summed E-state index contributed by atoms with van der Waals surface area (Å²) in [4.78, 5) is 0. The summed E-state index contributed by atoms with van der Waals surface area (Å²) in [5, 5.41) is 0. The minimum atomic E-state index is 0.378. The van der Waals surface area contributed by atoms with E-state index in [-0.39, 0.29) is 0 Å². The molecule has 2 aromatic rings. The molecule has 0 radical (unpaired) electrons. The third kappa shape index (κ3) is 14.3. The number of ether oxygens (including phenoxy) is 5. The fourth-order valence-corrected chi connectivity index (χ4v) is 4.75. The average molecular weight is 629 g/mol. The van der Waals surface area contributed by atoms with Gasteiger partial charge in [-0.3, -0.25) is 0 Å². The van der Waals surface area contributed by atoms with E-state index in [1.165, 1.54) is 5.56 Å². The standard InChI is InChI=1S/C41H56O5/c1-7-13-19-20-36-27-34(28-37(31-42-21-14-8-2)40(36)45-24-17-11-5)26-35-29-38(32-43-22-15-9-3)41(46-25-18-12-6)39(30-35)33-44-23-16-10-4/h8-9,13-16,19,21-23,27-30H,2-3,7,10-12,17-18,20,24-26,31-33H2,1,4-6H3. The number of allylic oxidation sites excluding steroid dienone is 7. The molecule has 0 heterocycles. The van der Waals surface area contributed by atoms with Crippen molar-refractivity contribution < 1.29 is 23.7 Å². The van der Waals surface area contributed by atoms with Crippen LogP contribution in [0.3, 0.4) is 0 Å². The molecule has 2 aromatic carbocycles. The maximum absolute atomic E-state index is 6.40. The minimum Gasteiger partial charge on any atom is -0.497 e. The van der Waals surface area contributed by atoms with Gasteiger partial charge in [0.1, 0.15) is 31.3 Å². The van der Waals surface area contributed by atoms with Crippen molar-refractivity contribution in [2.75, 3.05) is 13.2 Å². The van der Waals surface area contributed by atoms with Crippen molar-refractivity contribution in [3.05, 3.63) is 132 Å². The second-order valence-corrected chi connectivity index (χ2v) is 11.0. The van der Waals surface area contributed by atoms with E-state index in [0.717, 1.165) is 90.7 Å². The van der Waals surface area contributed by atoms with Crippen molar-refractivity contribution in [3.63, 3.8) is 0 Å². The Bertz CT molecular complexity index is 1280. The normalized spacial score (nSPS) is 11.6. The lowest BCUT2D eigenvalue weighted by Crippen LogP contribution is -2.07. The van der Waals surface area contributed by atoms with E-state index in [4.69, 9.17) is 23.7 Å². The summed E-state index contributed by atoms with van der Waals surface area (Å²) in [5.74, 6) is 1.76. The monoisotopic (exact) mass is 628 g/mol. The first-order valence-corrected chi connectivity index (χ1v) is 16.9. The van der Waals surface area contributed by atoms with Crippen LogP contribution in [0.1, 0.15) is 99.6 Å².